The molecule has 0 unspecified atom stereocenters. The first-order valence-corrected chi connectivity index (χ1v) is 9.21. The van der Waals surface area contributed by atoms with Crippen LogP contribution in [0.25, 0.3) is 10.8 Å². The second-order valence-corrected chi connectivity index (χ2v) is 6.18. The topological polar surface area (TPSA) is 70.0 Å². The van der Waals surface area contributed by atoms with Crippen molar-refractivity contribution >= 4 is 10.8 Å². The van der Waals surface area contributed by atoms with Gasteiger partial charge in [0.1, 0.15) is 0 Å². The van der Waals surface area contributed by atoms with Crippen LogP contribution in [0.3, 0.4) is 0 Å². The van der Waals surface area contributed by atoms with Crippen LogP contribution in [0.4, 0.5) is 0 Å². The summed E-state index contributed by atoms with van der Waals surface area (Å²) in [5.41, 5.74) is 1.96. The van der Waals surface area contributed by atoms with Crippen LogP contribution in [0.15, 0.2) is 36.7 Å². The van der Waals surface area contributed by atoms with Gasteiger partial charge >= 0.3 is 0 Å². The number of aromatic hydroxyl groups is 1. The molecule has 28 heavy (non-hydrogen) atoms. The molecule has 148 valence electrons. The summed E-state index contributed by atoms with van der Waals surface area (Å²) < 4.78 is 22.1. The lowest BCUT2D eigenvalue weighted by Gasteiger charge is -2.16. The predicted molar refractivity (Wildman–Crippen MR) is 108 cm³/mol. The van der Waals surface area contributed by atoms with Gasteiger partial charge in [-0.05, 0) is 55.0 Å². The fraction of sp³-hybridized carbons (Fsp3) is 0.318. The number of pyridine rings is 1. The molecule has 6 nitrogen and oxygen atoms in total. The summed E-state index contributed by atoms with van der Waals surface area (Å²) in [5.74, 6) is 2.39. The largest absolute Gasteiger partial charge is 0.504 e. The van der Waals surface area contributed by atoms with Crippen molar-refractivity contribution in [3.05, 3.63) is 47.8 Å². The minimum Gasteiger partial charge on any atom is -0.504 e. The van der Waals surface area contributed by atoms with Gasteiger partial charge in [0, 0.05) is 17.8 Å². The minimum absolute atomic E-state index is 0.107. The van der Waals surface area contributed by atoms with E-state index >= 15 is 0 Å². The summed E-state index contributed by atoms with van der Waals surface area (Å²) in [4.78, 5) is 4.30. The third-order valence-corrected chi connectivity index (χ3v) is 4.46. The van der Waals surface area contributed by atoms with Crippen molar-refractivity contribution in [1.82, 2.24) is 4.98 Å². The molecule has 0 aliphatic carbocycles. The van der Waals surface area contributed by atoms with E-state index in [1.807, 2.05) is 32.0 Å². The van der Waals surface area contributed by atoms with Crippen molar-refractivity contribution < 1.29 is 24.1 Å². The Morgan fingerprint density at radius 1 is 0.857 bits per heavy atom. The Morgan fingerprint density at radius 2 is 1.54 bits per heavy atom. The van der Waals surface area contributed by atoms with Crippen LogP contribution in [0.2, 0.25) is 0 Å². The van der Waals surface area contributed by atoms with E-state index in [0.717, 1.165) is 16.5 Å². The van der Waals surface area contributed by atoms with Gasteiger partial charge in [-0.2, -0.15) is 0 Å². The lowest BCUT2D eigenvalue weighted by Crippen LogP contribution is -2.01. The van der Waals surface area contributed by atoms with Crippen molar-refractivity contribution in [2.24, 2.45) is 0 Å². The minimum atomic E-state index is 0.107. The van der Waals surface area contributed by atoms with Gasteiger partial charge in [-0.15, -0.1) is 0 Å². The zero-order chi connectivity index (χ0) is 20.1. The Kier molecular flexibility index (Phi) is 6.09. The van der Waals surface area contributed by atoms with Crippen molar-refractivity contribution in [2.45, 2.75) is 20.3 Å². The van der Waals surface area contributed by atoms with E-state index in [1.165, 1.54) is 0 Å². The molecule has 0 amide bonds. The Morgan fingerprint density at radius 3 is 2.14 bits per heavy atom. The summed E-state index contributed by atoms with van der Waals surface area (Å²) in [5, 5.41) is 12.1. The highest BCUT2D eigenvalue weighted by Gasteiger charge is 2.16. The Hall–Kier alpha value is -3.15. The molecular weight excluding hydrogens is 358 g/mol. The molecule has 0 saturated carbocycles. The molecule has 0 bridgehead atoms. The summed E-state index contributed by atoms with van der Waals surface area (Å²) in [6.45, 7) is 4.79. The average Bonchev–Trinajstić information content (AvgIpc) is 2.71. The maximum atomic E-state index is 10.5. The Bertz CT molecular complexity index is 946. The normalized spacial score (nSPS) is 10.7. The SMILES string of the molecule is CCOc1ccc2c(Cc3cc(OC)c(OCC)c(OC)c3)cncc2c1O. The Balaban J connectivity index is 2.04. The van der Waals surface area contributed by atoms with E-state index in [9.17, 15) is 5.11 Å². The molecule has 1 aromatic heterocycles. The number of rotatable bonds is 8. The summed E-state index contributed by atoms with van der Waals surface area (Å²) in [7, 11) is 3.21. The van der Waals surface area contributed by atoms with Crippen LogP contribution in [0.5, 0.6) is 28.7 Å². The highest BCUT2D eigenvalue weighted by Crippen LogP contribution is 2.40. The van der Waals surface area contributed by atoms with Crippen LogP contribution in [-0.4, -0.2) is 37.5 Å². The number of hydrogen-bond donors (Lipinski definition) is 1. The van der Waals surface area contributed by atoms with Gasteiger partial charge in [-0.3, -0.25) is 4.98 Å². The van der Waals surface area contributed by atoms with Crippen molar-refractivity contribution in [1.29, 1.82) is 0 Å². The van der Waals surface area contributed by atoms with Crippen LogP contribution in [0.1, 0.15) is 25.0 Å². The van der Waals surface area contributed by atoms with Gasteiger partial charge in [0.05, 0.1) is 27.4 Å². The summed E-state index contributed by atoms with van der Waals surface area (Å²) in [6.07, 6.45) is 4.05. The van der Waals surface area contributed by atoms with Crippen molar-refractivity contribution in [2.75, 3.05) is 27.4 Å². The van der Waals surface area contributed by atoms with E-state index in [4.69, 9.17) is 18.9 Å². The quantitative estimate of drug-likeness (QED) is 0.624. The number of methoxy groups -OCH3 is 2. The first-order valence-electron chi connectivity index (χ1n) is 9.21. The monoisotopic (exact) mass is 383 g/mol. The molecule has 0 fully saturated rings. The number of phenols is 1. The molecule has 0 saturated heterocycles. The van der Waals surface area contributed by atoms with Gasteiger partial charge in [0.15, 0.2) is 23.0 Å². The maximum absolute atomic E-state index is 10.5. The molecule has 3 rings (SSSR count). The number of aromatic nitrogens is 1. The number of hydrogen-bond acceptors (Lipinski definition) is 6. The van der Waals surface area contributed by atoms with E-state index < -0.39 is 0 Å². The number of nitrogens with zero attached hydrogens (tertiary/aromatic N) is 1. The van der Waals surface area contributed by atoms with Gasteiger partial charge in [0.25, 0.3) is 0 Å². The van der Waals surface area contributed by atoms with E-state index in [2.05, 4.69) is 4.98 Å². The molecule has 3 aromatic rings. The van der Waals surface area contributed by atoms with Gasteiger partial charge in [0.2, 0.25) is 5.75 Å². The first-order chi connectivity index (χ1) is 13.6. The maximum Gasteiger partial charge on any atom is 0.203 e. The molecule has 1 N–H and O–H groups in total. The first kappa shape index (κ1) is 19.6. The van der Waals surface area contributed by atoms with Crippen molar-refractivity contribution in [3.63, 3.8) is 0 Å². The lowest BCUT2D eigenvalue weighted by atomic mass is 9.99. The summed E-state index contributed by atoms with van der Waals surface area (Å²) >= 11 is 0. The Labute approximate surface area is 164 Å². The smallest absolute Gasteiger partial charge is 0.203 e. The zero-order valence-corrected chi connectivity index (χ0v) is 16.6. The van der Waals surface area contributed by atoms with E-state index in [0.29, 0.717) is 48.0 Å². The fourth-order valence-electron chi connectivity index (χ4n) is 3.23. The second kappa shape index (κ2) is 8.69. The number of benzene rings is 2. The molecule has 0 atom stereocenters. The lowest BCUT2D eigenvalue weighted by molar-refractivity contribution is 0.288. The second-order valence-electron chi connectivity index (χ2n) is 6.18. The molecule has 0 radical (unpaired) electrons. The van der Waals surface area contributed by atoms with E-state index in [1.54, 1.807) is 32.7 Å². The molecular formula is C22H25NO5. The zero-order valence-electron chi connectivity index (χ0n) is 16.6. The predicted octanol–water partition coefficient (Wildman–Crippen LogP) is 4.35. The molecule has 1 heterocycles. The highest BCUT2D eigenvalue weighted by molar-refractivity contribution is 5.92. The third-order valence-electron chi connectivity index (χ3n) is 4.46. The van der Waals surface area contributed by atoms with Crippen LogP contribution in [0, 0.1) is 0 Å². The van der Waals surface area contributed by atoms with E-state index in [-0.39, 0.29) is 5.75 Å². The fourth-order valence-corrected chi connectivity index (χ4v) is 3.23. The molecule has 0 aliphatic rings. The average molecular weight is 383 g/mol. The third kappa shape index (κ3) is 3.76. The number of phenolic OH excluding ortho intramolecular Hbond substituents is 1. The molecule has 0 aliphatic heterocycles. The number of fused-ring (bicyclic) bond motifs is 1. The van der Waals surface area contributed by atoms with Gasteiger partial charge < -0.3 is 24.1 Å². The standard InChI is InChI=1S/C22H25NO5/c1-5-27-18-8-7-16-15(12-23-13-17(16)21(18)24)9-14-10-19(25-3)22(28-6-2)20(11-14)26-4/h7-8,10-13,24H,5-6,9H2,1-4H3. The summed E-state index contributed by atoms with van der Waals surface area (Å²) in [6, 6.07) is 7.59. The highest BCUT2D eigenvalue weighted by atomic mass is 16.5. The van der Waals surface area contributed by atoms with Crippen molar-refractivity contribution in [3.8, 4) is 28.7 Å². The van der Waals surface area contributed by atoms with Crippen LogP contribution < -0.4 is 18.9 Å². The van der Waals surface area contributed by atoms with Gasteiger partial charge in [-0.1, -0.05) is 6.07 Å². The van der Waals surface area contributed by atoms with Gasteiger partial charge in [-0.25, -0.2) is 0 Å². The molecule has 0 spiro atoms. The number of ether oxygens (including phenoxy) is 4. The molecule has 6 heteroatoms. The van der Waals surface area contributed by atoms with Crippen LogP contribution in [-0.2, 0) is 6.42 Å². The molecule has 2 aromatic carbocycles. The van der Waals surface area contributed by atoms with Crippen LogP contribution >= 0.6 is 0 Å².